The smallest absolute Gasteiger partial charge is 0.317 e. The summed E-state index contributed by atoms with van der Waals surface area (Å²) in [5.41, 5.74) is 0. The van der Waals surface area contributed by atoms with Crippen molar-refractivity contribution in [3.05, 3.63) is 0 Å². The monoisotopic (exact) mass is 271 g/mol. The van der Waals surface area contributed by atoms with E-state index in [2.05, 4.69) is 24.2 Å². The maximum absolute atomic E-state index is 11.9. The van der Waals surface area contributed by atoms with Crippen molar-refractivity contribution in [1.82, 2.24) is 15.1 Å². The molecule has 0 bridgehead atoms. The number of aliphatic carboxylic acids is 1. The van der Waals surface area contributed by atoms with Gasteiger partial charge in [-0.2, -0.15) is 0 Å². The number of amides is 2. The molecule has 1 unspecified atom stereocenters. The summed E-state index contributed by atoms with van der Waals surface area (Å²) in [5, 5.41) is 11.5. The Morgan fingerprint density at radius 1 is 1.42 bits per heavy atom. The van der Waals surface area contributed by atoms with E-state index >= 15 is 0 Å². The standard InChI is InChI=1S/C13H25N3O3/c1-4-16(8-7-12(17)18)13(19)14-9-10(2)15(3)11-5-6-11/h10-11H,4-9H2,1-3H3,(H,14,19)(H,17,18). The van der Waals surface area contributed by atoms with Gasteiger partial charge in [0, 0.05) is 31.7 Å². The Morgan fingerprint density at radius 2 is 2.05 bits per heavy atom. The molecule has 0 aromatic carbocycles. The van der Waals surface area contributed by atoms with Crippen molar-refractivity contribution in [1.29, 1.82) is 0 Å². The van der Waals surface area contributed by atoms with Crippen molar-refractivity contribution in [3.63, 3.8) is 0 Å². The zero-order valence-corrected chi connectivity index (χ0v) is 12.1. The molecule has 1 fully saturated rings. The summed E-state index contributed by atoms with van der Waals surface area (Å²) in [6, 6.07) is 0.788. The van der Waals surface area contributed by atoms with Gasteiger partial charge in [0.05, 0.1) is 6.42 Å². The highest BCUT2D eigenvalue weighted by Gasteiger charge is 2.29. The lowest BCUT2D eigenvalue weighted by molar-refractivity contribution is -0.137. The molecule has 19 heavy (non-hydrogen) atoms. The normalized spacial score (nSPS) is 16.2. The van der Waals surface area contributed by atoms with Gasteiger partial charge < -0.3 is 15.3 Å². The summed E-state index contributed by atoms with van der Waals surface area (Å²) >= 11 is 0. The van der Waals surface area contributed by atoms with Crippen LogP contribution >= 0.6 is 0 Å². The first-order chi connectivity index (χ1) is 8.95. The Balaban J connectivity index is 2.28. The van der Waals surface area contributed by atoms with Crippen LogP contribution in [0.3, 0.4) is 0 Å². The first-order valence-corrected chi connectivity index (χ1v) is 6.92. The summed E-state index contributed by atoms with van der Waals surface area (Å²) < 4.78 is 0. The minimum Gasteiger partial charge on any atom is -0.481 e. The van der Waals surface area contributed by atoms with Gasteiger partial charge in [-0.15, -0.1) is 0 Å². The highest BCUT2D eigenvalue weighted by molar-refractivity contribution is 5.75. The quantitative estimate of drug-likeness (QED) is 0.690. The Hall–Kier alpha value is -1.30. The molecule has 1 atom stereocenters. The minimum atomic E-state index is -0.881. The van der Waals surface area contributed by atoms with Crippen molar-refractivity contribution in [2.45, 2.75) is 45.2 Å². The molecule has 2 amide bonds. The van der Waals surface area contributed by atoms with E-state index in [-0.39, 0.29) is 19.0 Å². The van der Waals surface area contributed by atoms with E-state index in [4.69, 9.17) is 5.11 Å². The predicted molar refractivity (Wildman–Crippen MR) is 73.1 cm³/mol. The number of carbonyl (C=O) groups excluding carboxylic acids is 1. The van der Waals surface area contributed by atoms with Crippen LogP contribution in [0.4, 0.5) is 4.79 Å². The lowest BCUT2D eigenvalue weighted by Crippen LogP contribution is -2.46. The average molecular weight is 271 g/mol. The fourth-order valence-corrected chi connectivity index (χ4v) is 1.97. The molecule has 6 nitrogen and oxygen atoms in total. The van der Waals surface area contributed by atoms with Crippen LogP contribution in [0.1, 0.15) is 33.1 Å². The van der Waals surface area contributed by atoms with Gasteiger partial charge in [0.2, 0.25) is 0 Å². The van der Waals surface area contributed by atoms with E-state index in [0.29, 0.717) is 25.2 Å². The summed E-state index contributed by atoms with van der Waals surface area (Å²) in [7, 11) is 2.08. The summed E-state index contributed by atoms with van der Waals surface area (Å²) in [6.07, 6.45) is 2.47. The number of nitrogens with zero attached hydrogens (tertiary/aromatic N) is 2. The SMILES string of the molecule is CCN(CCC(=O)O)C(=O)NCC(C)N(C)C1CC1. The summed E-state index contributed by atoms with van der Waals surface area (Å²) in [6.45, 7) is 5.30. The fourth-order valence-electron chi connectivity index (χ4n) is 1.97. The number of urea groups is 1. The minimum absolute atomic E-state index is 0.0151. The number of carboxylic acids is 1. The third-order valence-electron chi connectivity index (χ3n) is 3.63. The van der Waals surface area contributed by atoms with Gasteiger partial charge in [-0.1, -0.05) is 0 Å². The van der Waals surface area contributed by atoms with Gasteiger partial charge in [-0.3, -0.25) is 9.69 Å². The Bertz CT molecular complexity index is 318. The topological polar surface area (TPSA) is 72.9 Å². The molecule has 0 radical (unpaired) electrons. The van der Waals surface area contributed by atoms with Crippen LogP contribution in [0.15, 0.2) is 0 Å². The second-order valence-electron chi connectivity index (χ2n) is 5.16. The van der Waals surface area contributed by atoms with E-state index in [1.165, 1.54) is 17.7 Å². The van der Waals surface area contributed by atoms with Crippen LogP contribution in [-0.4, -0.2) is 65.7 Å². The van der Waals surface area contributed by atoms with Crippen LogP contribution < -0.4 is 5.32 Å². The number of likely N-dealkylation sites (N-methyl/N-ethyl adjacent to an activating group) is 1. The molecule has 0 aromatic rings. The highest BCUT2D eigenvalue weighted by Crippen LogP contribution is 2.26. The molecule has 0 aliphatic heterocycles. The number of carboxylic acid groups (broad SMARTS) is 1. The largest absolute Gasteiger partial charge is 0.481 e. The van der Waals surface area contributed by atoms with Crippen LogP contribution in [-0.2, 0) is 4.79 Å². The molecule has 1 rings (SSSR count). The van der Waals surface area contributed by atoms with E-state index in [9.17, 15) is 9.59 Å². The number of nitrogens with one attached hydrogen (secondary N) is 1. The molecule has 1 aliphatic rings. The third kappa shape index (κ3) is 5.46. The fraction of sp³-hybridized carbons (Fsp3) is 0.846. The van der Waals surface area contributed by atoms with Gasteiger partial charge in [0.25, 0.3) is 0 Å². The van der Waals surface area contributed by atoms with Gasteiger partial charge >= 0.3 is 12.0 Å². The van der Waals surface area contributed by atoms with E-state index < -0.39 is 5.97 Å². The van der Waals surface area contributed by atoms with E-state index in [0.717, 1.165) is 0 Å². The number of rotatable bonds is 8. The molecular weight excluding hydrogens is 246 g/mol. The van der Waals surface area contributed by atoms with Crippen molar-refractivity contribution >= 4 is 12.0 Å². The number of carbonyl (C=O) groups is 2. The Labute approximate surface area is 114 Å². The average Bonchev–Trinajstić information content (AvgIpc) is 3.19. The summed E-state index contributed by atoms with van der Waals surface area (Å²) in [5.74, 6) is -0.881. The number of hydrogen-bond acceptors (Lipinski definition) is 3. The van der Waals surface area contributed by atoms with Crippen molar-refractivity contribution in [2.75, 3.05) is 26.7 Å². The second-order valence-corrected chi connectivity index (χ2v) is 5.16. The molecule has 1 aliphatic carbocycles. The van der Waals surface area contributed by atoms with Crippen LogP contribution in [0, 0.1) is 0 Å². The second kappa shape index (κ2) is 7.33. The highest BCUT2D eigenvalue weighted by atomic mass is 16.4. The maximum atomic E-state index is 11.9. The van der Waals surface area contributed by atoms with Gasteiger partial charge in [-0.25, -0.2) is 4.79 Å². The molecule has 110 valence electrons. The van der Waals surface area contributed by atoms with Crippen molar-refractivity contribution in [2.24, 2.45) is 0 Å². The molecule has 0 spiro atoms. The molecule has 0 heterocycles. The van der Waals surface area contributed by atoms with Gasteiger partial charge in [-0.05, 0) is 33.7 Å². The lowest BCUT2D eigenvalue weighted by Gasteiger charge is -2.26. The predicted octanol–water partition coefficient (Wildman–Crippen LogP) is 0.975. The van der Waals surface area contributed by atoms with Gasteiger partial charge in [0.1, 0.15) is 0 Å². The van der Waals surface area contributed by atoms with Crippen LogP contribution in [0.2, 0.25) is 0 Å². The zero-order valence-electron chi connectivity index (χ0n) is 12.1. The maximum Gasteiger partial charge on any atom is 0.317 e. The molecule has 6 heteroatoms. The number of hydrogen-bond donors (Lipinski definition) is 2. The van der Waals surface area contributed by atoms with Crippen molar-refractivity contribution < 1.29 is 14.7 Å². The Morgan fingerprint density at radius 3 is 2.53 bits per heavy atom. The first kappa shape index (κ1) is 15.8. The molecule has 2 N–H and O–H groups in total. The van der Waals surface area contributed by atoms with Crippen LogP contribution in [0.5, 0.6) is 0 Å². The Kier molecular flexibility index (Phi) is 6.08. The lowest BCUT2D eigenvalue weighted by atomic mass is 10.3. The third-order valence-corrected chi connectivity index (χ3v) is 3.63. The van der Waals surface area contributed by atoms with E-state index in [1.54, 1.807) is 0 Å². The first-order valence-electron chi connectivity index (χ1n) is 6.92. The van der Waals surface area contributed by atoms with Crippen molar-refractivity contribution in [3.8, 4) is 0 Å². The molecule has 1 saturated carbocycles. The zero-order chi connectivity index (χ0) is 14.4. The molecular formula is C13H25N3O3. The molecule has 0 aromatic heterocycles. The van der Waals surface area contributed by atoms with E-state index in [1.807, 2.05) is 6.92 Å². The molecule has 0 saturated heterocycles. The van der Waals surface area contributed by atoms with Crippen LogP contribution in [0.25, 0.3) is 0 Å². The summed E-state index contributed by atoms with van der Waals surface area (Å²) in [4.78, 5) is 26.2. The van der Waals surface area contributed by atoms with Gasteiger partial charge in [0.15, 0.2) is 0 Å².